The third-order valence-electron chi connectivity index (χ3n) is 3.52. The van der Waals surface area contributed by atoms with Gasteiger partial charge in [0, 0.05) is 25.7 Å². The lowest BCUT2D eigenvalue weighted by atomic mass is 9.83. The maximum atomic E-state index is 6.16. The highest BCUT2D eigenvalue weighted by atomic mass is 15.1. The molecule has 0 saturated heterocycles. The van der Waals surface area contributed by atoms with Crippen molar-refractivity contribution in [1.82, 2.24) is 4.90 Å². The standard InChI is InChI=1S/C15H30N2/c1-12(2)10-14(16)11-17-8-6-13(7-9-17)15(3,4)5/h6,12,14H,7-11,16H2,1-5H3. The Kier molecular flexibility index (Phi) is 5.21. The van der Waals surface area contributed by atoms with Crippen LogP contribution in [0.5, 0.6) is 0 Å². The summed E-state index contributed by atoms with van der Waals surface area (Å²) in [6.07, 6.45) is 4.75. The minimum absolute atomic E-state index is 0.333. The number of nitrogens with zero attached hydrogens (tertiary/aromatic N) is 1. The van der Waals surface area contributed by atoms with Crippen molar-refractivity contribution in [3.05, 3.63) is 11.6 Å². The summed E-state index contributed by atoms with van der Waals surface area (Å²) in [6.45, 7) is 14.7. The first-order valence-electron chi connectivity index (χ1n) is 6.96. The Morgan fingerprint density at radius 1 is 1.35 bits per heavy atom. The largest absolute Gasteiger partial charge is 0.327 e. The topological polar surface area (TPSA) is 29.3 Å². The summed E-state index contributed by atoms with van der Waals surface area (Å²) in [5.74, 6) is 0.704. The Balaban J connectivity index is 2.39. The lowest BCUT2D eigenvalue weighted by molar-refractivity contribution is 0.252. The molecule has 1 rings (SSSR count). The molecule has 1 aliphatic rings. The van der Waals surface area contributed by atoms with Gasteiger partial charge in [0.05, 0.1) is 0 Å². The molecular weight excluding hydrogens is 208 g/mol. The van der Waals surface area contributed by atoms with Crippen LogP contribution in [0.25, 0.3) is 0 Å². The van der Waals surface area contributed by atoms with Gasteiger partial charge in [0.25, 0.3) is 0 Å². The average Bonchev–Trinajstić information content (AvgIpc) is 2.15. The molecule has 0 aromatic carbocycles. The molecule has 17 heavy (non-hydrogen) atoms. The van der Waals surface area contributed by atoms with Gasteiger partial charge >= 0.3 is 0 Å². The summed E-state index contributed by atoms with van der Waals surface area (Å²) in [4.78, 5) is 2.49. The molecule has 0 amide bonds. The molecule has 0 bridgehead atoms. The van der Waals surface area contributed by atoms with Crippen molar-refractivity contribution >= 4 is 0 Å². The number of nitrogens with two attached hydrogens (primary N) is 1. The highest BCUT2D eigenvalue weighted by Crippen LogP contribution is 2.30. The van der Waals surface area contributed by atoms with E-state index in [0.29, 0.717) is 17.4 Å². The molecule has 1 heterocycles. The average molecular weight is 238 g/mol. The maximum absolute atomic E-state index is 6.16. The molecule has 1 aliphatic heterocycles. The highest BCUT2D eigenvalue weighted by Gasteiger charge is 2.22. The molecule has 2 N–H and O–H groups in total. The fraction of sp³-hybridized carbons (Fsp3) is 0.867. The smallest absolute Gasteiger partial charge is 0.0170 e. The zero-order chi connectivity index (χ0) is 13.1. The van der Waals surface area contributed by atoms with Crippen LogP contribution in [-0.4, -0.2) is 30.6 Å². The van der Waals surface area contributed by atoms with Crippen molar-refractivity contribution in [1.29, 1.82) is 0 Å². The first kappa shape index (κ1) is 14.7. The third kappa shape index (κ3) is 5.22. The number of hydrogen-bond donors (Lipinski definition) is 1. The second kappa shape index (κ2) is 6.01. The predicted molar refractivity (Wildman–Crippen MR) is 76.0 cm³/mol. The molecule has 0 aromatic rings. The van der Waals surface area contributed by atoms with Crippen molar-refractivity contribution < 1.29 is 0 Å². The van der Waals surface area contributed by atoms with Crippen LogP contribution in [0, 0.1) is 11.3 Å². The first-order chi connectivity index (χ1) is 7.79. The van der Waals surface area contributed by atoms with Crippen LogP contribution in [0.3, 0.4) is 0 Å². The Hall–Kier alpha value is -0.340. The van der Waals surface area contributed by atoms with Gasteiger partial charge in [-0.1, -0.05) is 46.3 Å². The molecule has 0 saturated carbocycles. The summed E-state index contributed by atoms with van der Waals surface area (Å²) in [5, 5.41) is 0. The van der Waals surface area contributed by atoms with Crippen molar-refractivity contribution in [2.45, 2.75) is 53.5 Å². The van der Waals surface area contributed by atoms with E-state index in [1.54, 1.807) is 5.57 Å². The first-order valence-corrected chi connectivity index (χ1v) is 6.96. The summed E-state index contributed by atoms with van der Waals surface area (Å²) in [5.41, 5.74) is 8.11. The van der Waals surface area contributed by atoms with Crippen LogP contribution >= 0.6 is 0 Å². The zero-order valence-corrected chi connectivity index (χ0v) is 12.3. The van der Waals surface area contributed by atoms with Gasteiger partial charge in [0.1, 0.15) is 0 Å². The fourth-order valence-electron chi connectivity index (χ4n) is 2.57. The van der Waals surface area contributed by atoms with Gasteiger partial charge in [-0.2, -0.15) is 0 Å². The van der Waals surface area contributed by atoms with Gasteiger partial charge in [0.15, 0.2) is 0 Å². The van der Waals surface area contributed by atoms with Crippen LogP contribution in [0.4, 0.5) is 0 Å². The fourth-order valence-corrected chi connectivity index (χ4v) is 2.57. The Morgan fingerprint density at radius 3 is 2.41 bits per heavy atom. The molecule has 2 nitrogen and oxygen atoms in total. The van der Waals surface area contributed by atoms with Crippen molar-refractivity contribution in [2.75, 3.05) is 19.6 Å². The quantitative estimate of drug-likeness (QED) is 0.763. The minimum Gasteiger partial charge on any atom is -0.327 e. The maximum Gasteiger partial charge on any atom is 0.0170 e. The summed E-state index contributed by atoms with van der Waals surface area (Å²) in [7, 11) is 0. The van der Waals surface area contributed by atoms with E-state index in [2.05, 4.69) is 45.6 Å². The number of rotatable bonds is 4. The number of hydrogen-bond acceptors (Lipinski definition) is 2. The molecule has 1 atom stereocenters. The van der Waals surface area contributed by atoms with Crippen molar-refractivity contribution in [2.24, 2.45) is 17.1 Å². The molecule has 0 spiro atoms. The van der Waals surface area contributed by atoms with E-state index in [0.717, 1.165) is 19.5 Å². The SMILES string of the molecule is CC(C)CC(N)CN1CC=C(C(C)(C)C)CC1. The van der Waals surface area contributed by atoms with E-state index in [-0.39, 0.29) is 0 Å². The lowest BCUT2D eigenvalue weighted by Gasteiger charge is -2.33. The second-order valence-electron chi connectivity index (χ2n) is 6.88. The molecule has 1 unspecified atom stereocenters. The highest BCUT2D eigenvalue weighted by molar-refractivity contribution is 5.14. The van der Waals surface area contributed by atoms with Crippen LogP contribution in [0.2, 0.25) is 0 Å². The summed E-state index contributed by atoms with van der Waals surface area (Å²) >= 11 is 0. The summed E-state index contributed by atoms with van der Waals surface area (Å²) < 4.78 is 0. The van der Waals surface area contributed by atoms with E-state index in [9.17, 15) is 0 Å². The van der Waals surface area contributed by atoms with E-state index < -0.39 is 0 Å². The Morgan fingerprint density at radius 2 is 2.00 bits per heavy atom. The van der Waals surface area contributed by atoms with Gasteiger partial charge < -0.3 is 5.73 Å². The van der Waals surface area contributed by atoms with Gasteiger partial charge in [-0.05, 0) is 24.2 Å². The molecule has 0 radical (unpaired) electrons. The molecule has 0 fully saturated rings. The van der Waals surface area contributed by atoms with E-state index in [1.807, 2.05) is 0 Å². The lowest BCUT2D eigenvalue weighted by Crippen LogP contribution is -2.41. The van der Waals surface area contributed by atoms with Crippen LogP contribution in [0.1, 0.15) is 47.5 Å². The third-order valence-corrected chi connectivity index (χ3v) is 3.52. The van der Waals surface area contributed by atoms with Gasteiger partial charge in [-0.25, -0.2) is 0 Å². The minimum atomic E-state index is 0.333. The van der Waals surface area contributed by atoms with Crippen molar-refractivity contribution in [3.8, 4) is 0 Å². The van der Waals surface area contributed by atoms with Crippen LogP contribution < -0.4 is 5.73 Å². The van der Waals surface area contributed by atoms with Gasteiger partial charge in [-0.3, -0.25) is 4.90 Å². The van der Waals surface area contributed by atoms with E-state index in [1.165, 1.54) is 13.0 Å². The second-order valence-corrected chi connectivity index (χ2v) is 6.88. The normalized spacial score (nSPS) is 20.5. The zero-order valence-electron chi connectivity index (χ0n) is 12.3. The van der Waals surface area contributed by atoms with Gasteiger partial charge in [-0.15, -0.1) is 0 Å². The van der Waals surface area contributed by atoms with E-state index >= 15 is 0 Å². The molecule has 2 heteroatoms. The van der Waals surface area contributed by atoms with Crippen molar-refractivity contribution in [3.63, 3.8) is 0 Å². The van der Waals surface area contributed by atoms with E-state index in [4.69, 9.17) is 5.73 Å². The van der Waals surface area contributed by atoms with Crippen LogP contribution in [-0.2, 0) is 0 Å². The van der Waals surface area contributed by atoms with Crippen LogP contribution in [0.15, 0.2) is 11.6 Å². The molecular formula is C15H30N2. The van der Waals surface area contributed by atoms with Gasteiger partial charge in [0.2, 0.25) is 0 Å². The summed E-state index contributed by atoms with van der Waals surface area (Å²) in [6, 6.07) is 0.333. The molecule has 0 aromatic heterocycles. The molecule has 100 valence electrons. The Bertz CT molecular complexity index is 261. The monoisotopic (exact) mass is 238 g/mol. The Labute approximate surface area is 107 Å². The molecule has 0 aliphatic carbocycles. The predicted octanol–water partition coefficient (Wildman–Crippen LogP) is 3.04.